The molecule has 1 amide bonds. The number of nitrogens with one attached hydrogen (secondary N) is 2. The Hall–Kier alpha value is -2.87. The van der Waals surface area contributed by atoms with Gasteiger partial charge in [-0.15, -0.1) is 0 Å². The third kappa shape index (κ3) is 3.52. The second-order valence-electron chi connectivity index (χ2n) is 5.35. The van der Waals surface area contributed by atoms with Gasteiger partial charge in [-0.1, -0.05) is 29.8 Å². The Morgan fingerprint density at radius 2 is 1.74 bits per heavy atom. The van der Waals surface area contributed by atoms with Crippen molar-refractivity contribution < 1.29 is 21.6 Å². The summed E-state index contributed by atoms with van der Waals surface area (Å²) in [4.78, 5) is 12.1. The molecule has 0 saturated heterocycles. The summed E-state index contributed by atoms with van der Waals surface area (Å²) in [7, 11) is -8.23. The summed E-state index contributed by atoms with van der Waals surface area (Å²) < 4.78 is 52.8. The number of sulfonamides is 2. The molecule has 0 fully saturated rings. The highest BCUT2D eigenvalue weighted by Gasteiger charge is 2.34. The molecule has 0 bridgehead atoms. The number of carbonyl (C=O) groups is 1. The summed E-state index contributed by atoms with van der Waals surface area (Å²) in [5, 5.41) is 9.64. The molecular weight excluding hydrogens is 414 g/mol. The van der Waals surface area contributed by atoms with Gasteiger partial charge in [0.25, 0.3) is 26.0 Å². The summed E-state index contributed by atoms with van der Waals surface area (Å²) in [6.45, 7) is 0. The highest BCUT2D eigenvalue weighted by atomic mass is 35.5. The summed E-state index contributed by atoms with van der Waals surface area (Å²) in [5.74, 6) is -1.26. The monoisotopic (exact) mass is 423 g/mol. The molecule has 2 aromatic carbocycles. The average Bonchev–Trinajstić information content (AvgIpc) is 2.87. The van der Waals surface area contributed by atoms with Crippen LogP contribution in [0.3, 0.4) is 0 Å². The van der Waals surface area contributed by atoms with Crippen LogP contribution in [-0.4, -0.2) is 22.7 Å². The molecule has 0 spiro atoms. The highest BCUT2D eigenvalue weighted by Crippen LogP contribution is 2.31. The fourth-order valence-corrected chi connectivity index (χ4v) is 4.80. The normalized spacial score (nSPS) is 16.6. The molecule has 138 valence electrons. The number of benzene rings is 2. The largest absolute Gasteiger partial charge is 0.277 e. The highest BCUT2D eigenvalue weighted by molar-refractivity contribution is 7.90. The van der Waals surface area contributed by atoms with Crippen LogP contribution in [-0.2, 0) is 24.8 Å². The van der Waals surface area contributed by atoms with Crippen molar-refractivity contribution in [2.75, 3.05) is 0 Å². The molecule has 0 aliphatic carbocycles. The van der Waals surface area contributed by atoms with Crippen LogP contribution < -0.4 is 9.44 Å². The molecule has 2 N–H and O–H groups in total. The van der Waals surface area contributed by atoms with Crippen molar-refractivity contribution in [2.45, 2.75) is 9.79 Å². The fraction of sp³-hybridized carbons (Fsp3) is 0. The quantitative estimate of drug-likeness (QED) is 0.565. The van der Waals surface area contributed by atoms with E-state index in [4.69, 9.17) is 11.6 Å². The van der Waals surface area contributed by atoms with Crippen LogP contribution in [0.15, 0.2) is 63.9 Å². The van der Waals surface area contributed by atoms with Gasteiger partial charge in [-0.25, -0.2) is 21.6 Å². The molecule has 0 atom stereocenters. The fourth-order valence-electron chi connectivity index (χ4n) is 2.40. The standard InChI is InChI=1S/C16H10ClN3O5S2/c17-10-5-7-11(8-6-10)26(22,23)20-16(21)13(9-18)15-12-3-1-2-4-14(12)27(24,25)19-15/h1-8,19H,(H,20,21)/b15-13-. The van der Waals surface area contributed by atoms with Gasteiger partial charge in [0.15, 0.2) is 0 Å². The topological polar surface area (TPSA) is 133 Å². The molecule has 3 rings (SSSR count). The molecule has 2 aromatic rings. The zero-order chi connectivity index (χ0) is 19.8. The van der Waals surface area contributed by atoms with E-state index >= 15 is 0 Å². The van der Waals surface area contributed by atoms with Gasteiger partial charge < -0.3 is 0 Å². The molecule has 1 aliphatic rings. The lowest BCUT2D eigenvalue weighted by Gasteiger charge is -2.08. The molecule has 11 heteroatoms. The zero-order valence-corrected chi connectivity index (χ0v) is 15.7. The number of hydrogen-bond donors (Lipinski definition) is 2. The van der Waals surface area contributed by atoms with E-state index in [1.165, 1.54) is 48.5 Å². The van der Waals surface area contributed by atoms with Crippen molar-refractivity contribution in [1.82, 2.24) is 9.44 Å². The smallest absolute Gasteiger partial charge is 0.277 e. The van der Waals surface area contributed by atoms with E-state index < -0.39 is 31.5 Å². The minimum atomic E-state index is -4.29. The van der Waals surface area contributed by atoms with E-state index in [1.54, 1.807) is 10.8 Å². The first-order chi connectivity index (χ1) is 12.7. The van der Waals surface area contributed by atoms with Crippen molar-refractivity contribution in [3.63, 3.8) is 0 Å². The molecule has 0 aromatic heterocycles. The maximum Gasteiger partial charge on any atom is 0.277 e. The Bertz CT molecular complexity index is 1230. The van der Waals surface area contributed by atoms with Gasteiger partial charge in [0.2, 0.25) is 0 Å². The molecule has 27 heavy (non-hydrogen) atoms. The van der Waals surface area contributed by atoms with Crippen LogP contribution >= 0.6 is 11.6 Å². The molecule has 8 nitrogen and oxygen atoms in total. The van der Waals surface area contributed by atoms with Gasteiger partial charge in [0.05, 0.1) is 15.5 Å². The maximum atomic E-state index is 12.4. The number of halogens is 1. The Morgan fingerprint density at radius 1 is 1.11 bits per heavy atom. The van der Waals surface area contributed by atoms with Crippen molar-refractivity contribution in [2.24, 2.45) is 0 Å². The SMILES string of the molecule is N#C/C(C(=O)NS(=O)(=O)c1ccc(Cl)cc1)=C1/NS(=O)(=O)c2ccccc21. The summed E-state index contributed by atoms with van der Waals surface area (Å²) in [6.07, 6.45) is 0. The molecule has 0 unspecified atom stereocenters. The number of amides is 1. The van der Waals surface area contributed by atoms with Crippen LogP contribution in [0.5, 0.6) is 0 Å². The second-order valence-corrected chi connectivity index (χ2v) is 9.12. The second kappa shape index (κ2) is 6.70. The zero-order valence-electron chi connectivity index (χ0n) is 13.3. The summed E-state index contributed by atoms with van der Waals surface area (Å²) in [5.41, 5.74) is -0.855. The van der Waals surface area contributed by atoms with Gasteiger partial charge in [0, 0.05) is 10.6 Å². The van der Waals surface area contributed by atoms with Crippen molar-refractivity contribution in [3.05, 3.63) is 64.7 Å². The third-order valence-electron chi connectivity index (χ3n) is 3.62. The number of nitrogens with zero attached hydrogens (tertiary/aromatic N) is 1. The van der Waals surface area contributed by atoms with Crippen molar-refractivity contribution in [3.8, 4) is 6.07 Å². The van der Waals surface area contributed by atoms with Crippen LogP contribution in [0.2, 0.25) is 5.02 Å². The summed E-state index contributed by atoms with van der Waals surface area (Å²) in [6, 6.07) is 12.3. The van der Waals surface area contributed by atoms with Crippen molar-refractivity contribution >= 4 is 43.3 Å². The van der Waals surface area contributed by atoms with E-state index in [0.717, 1.165) is 0 Å². The summed E-state index contributed by atoms with van der Waals surface area (Å²) >= 11 is 5.70. The van der Waals surface area contributed by atoms with Crippen LogP contribution in [0.25, 0.3) is 5.70 Å². The third-order valence-corrected chi connectivity index (χ3v) is 6.63. The van der Waals surface area contributed by atoms with Gasteiger partial charge in [0.1, 0.15) is 11.6 Å². The lowest BCUT2D eigenvalue weighted by atomic mass is 10.1. The lowest BCUT2D eigenvalue weighted by molar-refractivity contribution is -0.115. The van der Waals surface area contributed by atoms with Gasteiger partial charge >= 0.3 is 0 Å². The Balaban J connectivity index is 2.02. The number of carbonyl (C=O) groups excluding carboxylic acids is 1. The van der Waals surface area contributed by atoms with Crippen LogP contribution in [0.4, 0.5) is 0 Å². The number of rotatable bonds is 3. The first kappa shape index (κ1) is 18.9. The first-order valence-electron chi connectivity index (χ1n) is 7.25. The van der Waals surface area contributed by atoms with Crippen LogP contribution in [0, 0.1) is 11.3 Å². The Morgan fingerprint density at radius 3 is 2.37 bits per heavy atom. The molecule has 1 aliphatic heterocycles. The predicted molar refractivity (Wildman–Crippen MR) is 96.1 cm³/mol. The van der Waals surface area contributed by atoms with E-state index in [2.05, 4.69) is 4.72 Å². The average molecular weight is 424 g/mol. The van der Waals surface area contributed by atoms with E-state index in [-0.39, 0.29) is 21.1 Å². The Labute approximate surface area is 160 Å². The maximum absolute atomic E-state index is 12.4. The minimum absolute atomic E-state index is 0.105. The molecule has 0 radical (unpaired) electrons. The predicted octanol–water partition coefficient (Wildman–Crippen LogP) is 1.37. The first-order valence-corrected chi connectivity index (χ1v) is 10.6. The molecule has 0 saturated carbocycles. The number of hydrogen-bond acceptors (Lipinski definition) is 6. The lowest BCUT2D eigenvalue weighted by Crippen LogP contribution is -2.32. The Kier molecular flexibility index (Phi) is 4.69. The minimum Gasteiger partial charge on any atom is -0.277 e. The molecular formula is C16H10ClN3O5S2. The number of fused-ring (bicyclic) bond motifs is 1. The van der Waals surface area contributed by atoms with Gasteiger partial charge in [-0.2, -0.15) is 5.26 Å². The van der Waals surface area contributed by atoms with Crippen molar-refractivity contribution in [1.29, 1.82) is 5.26 Å². The van der Waals surface area contributed by atoms with E-state index in [0.29, 0.717) is 5.02 Å². The van der Waals surface area contributed by atoms with Gasteiger partial charge in [-0.3, -0.25) is 9.52 Å². The molecule has 1 heterocycles. The van der Waals surface area contributed by atoms with E-state index in [1.807, 2.05) is 0 Å². The van der Waals surface area contributed by atoms with Crippen LogP contribution in [0.1, 0.15) is 5.56 Å². The number of nitriles is 1. The van der Waals surface area contributed by atoms with Gasteiger partial charge in [-0.05, 0) is 30.3 Å². The van der Waals surface area contributed by atoms with E-state index in [9.17, 15) is 26.9 Å².